The number of halogens is 1. The minimum atomic E-state index is -3.12. The SMILES string of the molecule is Cc1cc(F)cc(N(C(C)C)C2CCN(S(C)(=O)=O)CC2)c1. The number of nitrogens with zero attached hydrogens (tertiary/aromatic N) is 2. The molecule has 1 saturated heterocycles. The first kappa shape index (κ1) is 17.2. The van der Waals surface area contributed by atoms with E-state index in [0.717, 1.165) is 24.1 Å². The minimum absolute atomic E-state index is 0.228. The fraction of sp³-hybridized carbons (Fsp3) is 0.625. The van der Waals surface area contributed by atoms with Crippen LogP contribution in [0.2, 0.25) is 0 Å². The van der Waals surface area contributed by atoms with Crippen LogP contribution in [-0.4, -0.2) is 44.2 Å². The van der Waals surface area contributed by atoms with Gasteiger partial charge in [0.25, 0.3) is 0 Å². The lowest BCUT2D eigenvalue weighted by Crippen LogP contribution is -2.49. The maximum atomic E-state index is 13.7. The molecule has 2 rings (SSSR count). The fourth-order valence-corrected chi connectivity index (χ4v) is 4.12. The Morgan fingerprint density at radius 2 is 1.82 bits per heavy atom. The first-order valence-electron chi connectivity index (χ1n) is 7.69. The maximum Gasteiger partial charge on any atom is 0.211 e. The van der Waals surface area contributed by atoms with Crippen molar-refractivity contribution >= 4 is 15.7 Å². The smallest absolute Gasteiger partial charge is 0.211 e. The molecule has 0 atom stereocenters. The van der Waals surface area contributed by atoms with E-state index in [4.69, 9.17) is 0 Å². The van der Waals surface area contributed by atoms with Crippen molar-refractivity contribution in [2.24, 2.45) is 0 Å². The Kier molecular flexibility index (Phi) is 5.12. The summed E-state index contributed by atoms with van der Waals surface area (Å²) in [6, 6.07) is 5.55. The number of benzene rings is 1. The van der Waals surface area contributed by atoms with E-state index in [1.165, 1.54) is 16.6 Å². The van der Waals surface area contributed by atoms with Crippen LogP contribution in [0, 0.1) is 12.7 Å². The van der Waals surface area contributed by atoms with Crippen molar-refractivity contribution in [1.29, 1.82) is 0 Å². The fourth-order valence-electron chi connectivity index (χ4n) is 3.25. The Bertz CT molecular complexity index is 603. The van der Waals surface area contributed by atoms with Crippen LogP contribution in [0.3, 0.4) is 0 Å². The number of aryl methyl sites for hydroxylation is 1. The van der Waals surface area contributed by atoms with E-state index < -0.39 is 10.0 Å². The summed E-state index contributed by atoms with van der Waals surface area (Å²) >= 11 is 0. The molecule has 1 aromatic rings. The highest BCUT2D eigenvalue weighted by atomic mass is 32.2. The summed E-state index contributed by atoms with van der Waals surface area (Å²) in [5, 5.41) is 0. The van der Waals surface area contributed by atoms with Gasteiger partial charge in [-0.3, -0.25) is 0 Å². The second kappa shape index (κ2) is 6.54. The van der Waals surface area contributed by atoms with Gasteiger partial charge >= 0.3 is 0 Å². The summed E-state index contributed by atoms with van der Waals surface area (Å²) in [7, 11) is -3.12. The number of sulfonamides is 1. The summed E-state index contributed by atoms with van der Waals surface area (Å²) in [6.45, 7) is 7.12. The topological polar surface area (TPSA) is 40.6 Å². The highest BCUT2D eigenvalue weighted by Gasteiger charge is 2.30. The van der Waals surface area contributed by atoms with E-state index >= 15 is 0 Å². The van der Waals surface area contributed by atoms with Crippen molar-refractivity contribution in [3.8, 4) is 0 Å². The van der Waals surface area contributed by atoms with Gasteiger partial charge < -0.3 is 4.90 Å². The van der Waals surface area contributed by atoms with Crippen molar-refractivity contribution in [2.45, 2.75) is 45.7 Å². The first-order chi connectivity index (χ1) is 10.2. The van der Waals surface area contributed by atoms with Crippen molar-refractivity contribution in [3.05, 3.63) is 29.6 Å². The molecule has 1 aliphatic rings. The Balaban J connectivity index is 2.20. The molecule has 0 N–H and O–H groups in total. The normalized spacial score (nSPS) is 17.9. The van der Waals surface area contributed by atoms with Crippen LogP contribution in [0.1, 0.15) is 32.3 Å². The van der Waals surface area contributed by atoms with Gasteiger partial charge in [-0.25, -0.2) is 17.1 Å². The lowest BCUT2D eigenvalue weighted by Gasteiger charge is -2.41. The molecule has 22 heavy (non-hydrogen) atoms. The summed E-state index contributed by atoms with van der Waals surface area (Å²) in [6.07, 6.45) is 2.78. The van der Waals surface area contributed by atoms with Crippen LogP contribution in [0.15, 0.2) is 18.2 Å². The molecule has 6 heteroatoms. The Morgan fingerprint density at radius 3 is 2.27 bits per heavy atom. The maximum absolute atomic E-state index is 13.7. The van der Waals surface area contributed by atoms with Crippen LogP contribution >= 0.6 is 0 Å². The van der Waals surface area contributed by atoms with Crippen LogP contribution < -0.4 is 4.90 Å². The lowest BCUT2D eigenvalue weighted by atomic mass is 10.0. The summed E-state index contributed by atoms with van der Waals surface area (Å²) in [5.74, 6) is -0.228. The van der Waals surface area contributed by atoms with Gasteiger partial charge in [-0.2, -0.15) is 0 Å². The molecule has 0 unspecified atom stereocenters. The zero-order chi connectivity index (χ0) is 16.5. The summed E-state index contributed by atoms with van der Waals surface area (Å²) in [5.41, 5.74) is 1.78. The van der Waals surface area contributed by atoms with Crippen LogP contribution in [0.25, 0.3) is 0 Å². The van der Waals surface area contributed by atoms with Gasteiger partial charge in [-0.1, -0.05) is 0 Å². The number of hydrogen-bond acceptors (Lipinski definition) is 3. The van der Waals surface area contributed by atoms with Crippen molar-refractivity contribution in [2.75, 3.05) is 24.2 Å². The minimum Gasteiger partial charge on any atom is -0.366 e. The molecule has 4 nitrogen and oxygen atoms in total. The lowest BCUT2D eigenvalue weighted by molar-refractivity contribution is 0.305. The second-order valence-electron chi connectivity index (χ2n) is 6.38. The van der Waals surface area contributed by atoms with Gasteiger partial charge in [-0.15, -0.1) is 0 Å². The number of anilines is 1. The molecule has 1 aromatic carbocycles. The standard InChI is InChI=1S/C16H25FN2O2S/c1-12(2)19(16-10-13(3)9-14(17)11-16)15-5-7-18(8-6-15)22(4,20)21/h9-12,15H,5-8H2,1-4H3. The van der Waals surface area contributed by atoms with E-state index in [-0.39, 0.29) is 17.9 Å². The average molecular weight is 328 g/mol. The number of piperidine rings is 1. The Morgan fingerprint density at radius 1 is 1.23 bits per heavy atom. The van der Waals surface area contributed by atoms with E-state index in [1.54, 1.807) is 6.07 Å². The van der Waals surface area contributed by atoms with Crippen molar-refractivity contribution < 1.29 is 12.8 Å². The van der Waals surface area contributed by atoms with E-state index in [9.17, 15) is 12.8 Å². The van der Waals surface area contributed by atoms with Gasteiger partial charge in [0.2, 0.25) is 10.0 Å². The molecule has 0 bridgehead atoms. The highest BCUT2D eigenvalue weighted by molar-refractivity contribution is 7.88. The van der Waals surface area contributed by atoms with Crippen LogP contribution in [0.5, 0.6) is 0 Å². The molecule has 124 valence electrons. The molecule has 1 fully saturated rings. The second-order valence-corrected chi connectivity index (χ2v) is 8.36. The molecule has 0 amide bonds. The highest BCUT2D eigenvalue weighted by Crippen LogP contribution is 2.28. The molecule has 0 aromatic heterocycles. The van der Waals surface area contributed by atoms with Gasteiger partial charge in [0.15, 0.2) is 0 Å². The first-order valence-corrected chi connectivity index (χ1v) is 9.54. The largest absolute Gasteiger partial charge is 0.366 e. The summed E-state index contributed by atoms with van der Waals surface area (Å²) in [4.78, 5) is 2.22. The Labute approximate surface area is 133 Å². The van der Waals surface area contributed by atoms with Crippen molar-refractivity contribution in [3.63, 3.8) is 0 Å². The number of rotatable bonds is 4. The zero-order valence-corrected chi connectivity index (χ0v) is 14.5. The predicted molar refractivity (Wildman–Crippen MR) is 88.2 cm³/mol. The van der Waals surface area contributed by atoms with Gasteiger partial charge in [0.1, 0.15) is 5.82 Å². The summed E-state index contributed by atoms with van der Waals surface area (Å²) < 4.78 is 38.5. The Hall–Kier alpha value is -1.14. The van der Waals surface area contributed by atoms with Crippen LogP contribution in [0.4, 0.5) is 10.1 Å². The zero-order valence-electron chi connectivity index (χ0n) is 13.7. The molecular formula is C16H25FN2O2S. The van der Waals surface area contributed by atoms with Gasteiger partial charge in [-0.05, 0) is 57.4 Å². The molecule has 1 heterocycles. The predicted octanol–water partition coefficient (Wildman–Crippen LogP) is 2.77. The van der Waals surface area contributed by atoms with Crippen LogP contribution in [-0.2, 0) is 10.0 Å². The number of hydrogen-bond donors (Lipinski definition) is 0. The molecule has 0 aliphatic carbocycles. The third kappa shape index (κ3) is 3.98. The van der Waals surface area contributed by atoms with E-state index in [2.05, 4.69) is 18.7 Å². The monoisotopic (exact) mass is 328 g/mol. The third-order valence-electron chi connectivity index (χ3n) is 4.17. The molecule has 0 spiro atoms. The van der Waals surface area contributed by atoms with E-state index in [1.807, 2.05) is 13.0 Å². The quantitative estimate of drug-likeness (QED) is 0.853. The van der Waals surface area contributed by atoms with Gasteiger partial charge in [0, 0.05) is 30.9 Å². The van der Waals surface area contributed by atoms with Gasteiger partial charge in [0.05, 0.1) is 6.26 Å². The molecule has 1 aliphatic heterocycles. The van der Waals surface area contributed by atoms with E-state index in [0.29, 0.717) is 13.1 Å². The molecular weight excluding hydrogens is 303 g/mol. The third-order valence-corrected chi connectivity index (χ3v) is 5.47. The average Bonchev–Trinajstić information content (AvgIpc) is 2.36. The molecule has 0 radical (unpaired) electrons. The van der Waals surface area contributed by atoms with Crippen molar-refractivity contribution in [1.82, 2.24) is 4.31 Å². The molecule has 0 saturated carbocycles.